The number of benzene rings is 1. The molecule has 1 saturated heterocycles. The largest absolute Gasteiger partial charge is 0.378 e. The van der Waals surface area contributed by atoms with Crippen molar-refractivity contribution in [3.8, 4) is 0 Å². The van der Waals surface area contributed by atoms with E-state index in [4.69, 9.17) is 4.74 Å². The molecule has 1 amide bonds. The second-order valence-corrected chi connectivity index (χ2v) is 7.67. The molecule has 0 unspecified atom stereocenters. The number of fused-ring (bicyclic) bond motifs is 1. The molecule has 8 heteroatoms. The Hall–Kier alpha value is -2.71. The number of nitrogens with zero attached hydrogens (tertiary/aromatic N) is 3. The van der Waals surface area contributed by atoms with Crippen LogP contribution >= 0.6 is 11.3 Å². The topological polar surface area (TPSA) is 79.4 Å². The highest BCUT2D eigenvalue weighted by atomic mass is 32.1. The standard InChI is InChI=1S/C20H23N5O2S/c1-14-23-18(13-19(24-14)25-8-10-27-11-9-25)21-6-7-22-20(26)17-12-15-4-2-3-5-16(15)28-17/h2-5,12-13H,6-11H2,1H3,(H,22,26)(H,21,23,24). The lowest BCUT2D eigenvalue weighted by Crippen LogP contribution is -2.37. The van der Waals surface area contributed by atoms with Gasteiger partial charge in [0.15, 0.2) is 0 Å². The second kappa shape index (κ2) is 8.53. The first-order chi connectivity index (χ1) is 13.7. The summed E-state index contributed by atoms with van der Waals surface area (Å²) >= 11 is 1.51. The number of ether oxygens (including phenoxy) is 1. The summed E-state index contributed by atoms with van der Waals surface area (Å²) in [5.74, 6) is 2.36. The van der Waals surface area contributed by atoms with Crippen LogP contribution in [0.25, 0.3) is 10.1 Å². The van der Waals surface area contributed by atoms with Crippen molar-refractivity contribution in [3.05, 3.63) is 47.1 Å². The van der Waals surface area contributed by atoms with Gasteiger partial charge in [0, 0.05) is 36.9 Å². The van der Waals surface area contributed by atoms with E-state index < -0.39 is 0 Å². The van der Waals surface area contributed by atoms with Crippen molar-refractivity contribution in [1.29, 1.82) is 0 Å². The lowest BCUT2D eigenvalue weighted by Gasteiger charge is -2.28. The van der Waals surface area contributed by atoms with Gasteiger partial charge in [0.1, 0.15) is 17.5 Å². The third-order valence-corrected chi connectivity index (χ3v) is 5.64. The maximum absolute atomic E-state index is 12.4. The van der Waals surface area contributed by atoms with Gasteiger partial charge in [0.25, 0.3) is 5.91 Å². The van der Waals surface area contributed by atoms with E-state index in [1.165, 1.54) is 11.3 Å². The van der Waals surface area contributed by atoms with E-state index in [2.05, 4.69) is 25.5 Å². The number of carbonyl (C=O) groups excluding carboxylic acids is 1. The van der Waals surface area contributed by atoms with E-state index >= 15 is 0 Å². The van der Waals surface area contributed by atoms with Gasteiger partial charge in [-0.1, -0.05) is 18.2 Å². The Labute approximate surface area is 167 Å². The highest BCUT2D eigenvalue weighted by molar-refractivity contribution is 7.20. The van der Waals surface area contributed by atoms with Crippen LogP contribution < -0.4 is 15.5 Å². The van der Waals surface area contributed by atoms with Gasteiger partial charge in [-0.3, -0.25) is 4.79 Å². The first-order valence-electron chi connectivity index (χ1n) is 9.38. The maximum Gasteiger partial charge on any atom is 0.261 e. The SMILES string of the molecule is Cc1nc(NCCNC(=O)c2cc3ccccc3s2)cc(N2CCOCC2)n1. The van der Waals surface area contributed by atoms with Crippen LogP contribution in [0.4, 0.5) is 11.6 Å². The van der Waals surface area contributed by atoms with Crippen LogP contribution in [0, 0.1) is 6.92 Å². The number of hydrogen-bond donors (Lipinski definition) is 2. The van der Waals surface area contributed by atoms with Gasteiger partial charge in [-0.25, -0.2) is 9.97 Å². The Balaban J connectivity index is 1.31. The predicted molar refractivity (Wildman–Crippen MR) is 112 cm³/mol. The zero-order valence-electron chi connectivity index (χ0n) is 15.8. The zero-order valence-corrected chi connectivity index (χ0v) is 16.6. The van der Waals surface area contributed by atoms with Crippen LogP contribution in [0.1, 0.15) is 15.5 Å². The van der Waals surface area contributed by atoms with Gasteiger partial charge in [0.05, 0.1) is 18.1 Å². The summed E-state index contributed by atoms with van der Waals surface area (Å²) in [6.07, 6.45) is 0. The van der Waals surface area contributed by atoms with Gasteiger partial charge < -0.3 is 20.3 Å². The molecule has 1 aromatic carbocycles. The number of morpholine rings is 1. The summed E-state index contributed by atoms with van der Waals surface area (Å²) in [5, 5.41) is 7.34. The van der Waals surface area contributed by atoms with Gasteiger partial charge in [0.2, 0.25) is 0 Å². The Kier molecular flexibility index (Phi) is 5.68. The van der Waals surface area contributed by atoms with Crippen molar-refractivity contribution < 1.29 is 9.53 Å². The molecule has 1 aliphatic rings. The molecule has 4 rings (SSSR count). The molecular formula is C20H23N5O2S. The fourth-order valence-corrected chi connectivity index (χ4v) is 4.12. The molecule has 0 spiro atoms. The van der Waals surface area contributed by atoms with Crippen molar-refractivity contribution in [2.45, 2.75) is 6.92 Å². The minimum absolute atomic E-state index is 0.0455. The molecule has 1 fully saturated rings. The van der Waals surface area contributed by atoms with Crippen molar-refractivity contribution in [2.24, 2.45) is 0 Å². The number of amides is 1. The molecule has 7 nitrogen and oxygen atoms in total. The smallest absolute Gasteiger partial charge is 0.261 e. The number of thiophene rings is 1. The average molecular weight is 398 g/mol. The normalized spacial score (nSPS) is 14.2. The quantitative estimate of drug-likeness (QED) is 0.623. The molecule has 3 aromatic rings. The molecule has 0 aliphatic carbocycles. The molecule has 2 aromatic heterocycles. The summed E-state index contributed by atoms with van der Waals surface area (Å²) in [6, 6.07) is 11.9. The molecule has 0 bridgehead atoms. The van der Waals surface area contributed by atoms with Crippen LogP contribution in [0.15, 0.2) is 36.4 Å². The van der Waals surface area contributed by atoms with Crippen LogP contribution in [0.5, 0.6) is 0 Å². The van der Waals surface area contributed by atoms with Crippen molar-refractivity contribution in [1.82, 2.24) is 15.3 Å². The third kappa shape index (κ3) is 4.40. The molecule has 0 radical (unpaired) electrons. The molecule has 3 heterocycles. The van der Waals surface area contributed by atoms with Crippen LogP contribution in [-0.2, 0) is 4.74 Å². The zero-order chi connectivity index (χ0) is 19.3. The minimum Gasteiger partial charge on any atom is -0.378 e. The van der Waals surface area contributed by atoms with Crippen molar-refractivity contribution in [3.63, 3.8) is 0 Å². The number of anilines is 2. The fraction of sp³-hybridized carbons (Fsp3) is 0.350. The van der Waals surface area contributed by atoms with Crippen LogP contribution in [0.2, 0.25) is 0 Å². The minimum atomic E-state index is -0.0455. The highest BCUT2D eigenvalue weighted by Gasteiger charge is 2.14. The molecule has 2 N–H and O–H groups in total. The number of nitrogens with one attached hydrogen (secondary N) is 2. The Morgan fingerprint density at radius 3 is 2.82 bits per heavy atom. The number of rotatable bonds is 6. The molecule has 0 saturated carbocycles. The first kappa shape index (κ1) is 18.6. The van der Waals surface area contributed by atoms with E-state index in [0.29, 0.717) is 13.1 Å². The Bertz CT molecular complexity index is 935. The highest BCUT2D eigenvalue weighted by Crippen LogP contribution is 2.25. The molecule has 1 aliphatic heterocycles. The first-order valence-corrected chi connectivity index (χ1v) is 10.2. The summed E-state index contributed by atoms with van der Waals surface area (Å²) in [5.41, 5.74) is 0. The molecule has 28 heavy (non-hydrogen) atoms. The third-order valence-electron chi connectivity index (χ3n) is 4.53. The van der Waals surface area contributed by atoms with Crippen molar-refractivity contribution >= 4 is 39.0 Å². The van der Waals surface area contributed by atoms with Crippen LogP contribution in [0.3, 0.4) is 0 Å². The molecular weight excluding hydrogens is 374 g/mol. The monoisotopic (exact) mass is 397 g/mol. The van der Waals surface area contributed by atoms with E-state index in [1.54, 1.807) is 0 Å². The van der Waals surface area contributed by atoms with Crippen molar-refractivity contribution in [2.75, 3.05) is 49.6 Å². The maximum atomic E-state index is 12.4. The number of hydrogen-bond acceptors (Lipinski definition) is 7. The second-order valence-electron chi connectivity index (χ2n) is 6.59. The lowest BCUT2D eigenvalue weighted by atomic mass is 10.2. The van der Waals surface area contributed by atoms with Gasteiger partial charge in [-0.2, -0.15) is 0 Å². The molecule has 0 atom stereocenters. The summed E-state index contributed by atoms with van der Waals surface area (Å²) in [7, 11) is 0. The summed E-state index contributed by atoms with van der Waals surface area (Å²) < 4.78 is 6.52. The van der Waals surface area contributed by atoms with Gasteiger partial charge >= 0.3 is 0 Å². The number of aromatic nitrogens is 2. The summed E-state index contributed by atoms with van der Waals surface area (Å²) in [6.45, 7) is 6.10. The van der Waals surface area contributed by atoms with Gasteiger partial charge in [-0.15, -0.1) is 11.3 Å². The Morgan fingerprint density at radius 2 is 2.00 bits per heavy atom. The number of aryl methyl sites for hydroxylation is 1. The predicted octanol–water partition coefficient (Wildman–Crippen LogP) is 2.68. The molecule has 146 valence electrons. The lowest BCUT2D eigenvalue weighted by molar-refractivity contribution is 0.0959. The Morgan fingerprint density at radius 1 is 1.18 bits per heavy atom. The fourth-order valence-electron chi connectivity index (χ4n) is 3.14. The summed E-state index contributed by atoms with van der Waals surface area (Å²) in [4.78, 5) is 24.3. The van der Waals surface area contributed by atoms with E-state index in [1.807, 2.05) is 43.3 Å². The van der Waals surface area contributed by atoms with E-state index in [-0.39, 0.29) is 5.91 Å². The number of carbonyl (C=O) groups is 1. The van der Waals surface area contributed by atoms with Crippen LogP contribution in [-0.4, -0.2) is 55.3 Å². The van der Waals surface area contributed by atoms with E-state index in [0.717, 1.165) is 58.7 Å². The average Bonchev–Trinajstić information content (AvgIpc) is 3.16. The van der Waals surface area contributed by atoms with E-state index in [9.17, 15) is 4.79 Å². The van der Waals surface area contributed by atoms with Gasteiger partial charge in [-0.05, 0) is 24.4 Å².